The number of para-hydroxylation sites is 1. The molecule has 0 amide bonds. The molecule has 0 aliphatic rings. The molecule has 3 N–H and O–H groups in total. The summed E-state index contributed by atoms with van der Waals surface area (Å²) in [7, 11) is -3.38. The zero-order valence-corrected chi connectivity index (χ0v) is 16.1. The van der Waals surface area contributed by atoms with Gasteiger partial charge < -0.3 is 11.1 Å². The molecule has 1 aromatic heterocycles. The summed E-state index contributed by atoms with van der Waals surface area (Å²) in [5.74, 6) is 0.346. The number of nitrogens with two attached hydrogens (primary N) is 1. The Balaban J connectivity index is 1.94. The van der Waals surface area contributed by atoms with E-state index in [1.165, 1.54) is 15.6 Å². The Hall–Kier alpha value is -1.90. The molecule has 0 aliphatic heterocycles. The van der Waals surface area contributed by atoms with Crippen LogP contribution in [0.15, 0.2) is 51.7 Å². The molecule has 0 saturated carbocycles. The summed E-state index contributed by atoms with van der Waals surface area (Å²) >= 11 is 1.29. The predicted molar refractivity (Wildman–Crippen MR) is 105 cm³/mol. The van der Waals surface area contributed by atoms with Gasteiger partial charge in [-0.3, -0.25) is 4.99 Å². The van der Waals surface area contributed by atoms with E-state index >= 15 is 0 Å². The molecule has 2 aromatic rings. The van der Waals surface area contributed by atoms with Crippen LogP contribution in [0.25, 0.3) is 0 Å². The SMILES string of the molecule is CCN(CC)S(=O)(=O)c1ccc(CCN=C(N)Nc2ccccc2)s1. The second-order valence-electron chi connectivity index (χ2n) is 5.32. The van der Waals surface area contributed by atoms with E-state index in [4.69, 9.17) is 5.73 Å². The molecule has 8 heteroatoms. The van der Waals surface area contributed by atoms with Crippen molar-refractivity contribution < 1.29 is 8.42 Å². The van der Waals surface area contributed by atoms with Crippen LogP contribution in [0, 0.1) is 0 Å². The van der Waals surface area contributed by atoms with Crippen LogP contribution in [0.1, 0.15) is 18.7 Å². The van der Waals surface area contributed by atoms with Crippen molar-refractivity contribution >= 4 is 33.0 Å². The van der Waals surface area contributed by atoms with E-state index in [2.05, 4.69) is 10.3 Å². The number of rotatable bonds is 8. The lowest BCUT2D eigenvalue weighted by Crippen LogP contribution is -2.29. The van der Waals surface area contributed by atoms with Crippen molar-refractivity contribution in [2.24, 2.45) is 10.7 Å². The summed E-state index contributed by atoms with van der Waals surface area (Å²) in [5, 5.41) is 3.02. The molecule has 6 nitrogen and oxygen atoms in total. The van der Waals surface area contributed by atoms with Crippen LogP contribution < -0.4 is 11.1 Å². The standard InChI is InChI=1S/C17H24N4O2S2/c1-3-21(4-2)25(22,23)16-11-10-15(24-16)12-13-19-17(18)20-14-8-6-5-7-9-14/h5-11H,3-4,12-13H2,1-2H3,(H3,18,19,20). The zero-order valence-electron chi connectivity index (χ0n) is 14.5. The number of sulfonamides is 1. The van der Waals surface area contributed by atoms with Crippen LogP contribution in [0.3, 0.4) is 0 Å². The molecule has 0 atom stereocenters. The van der Waals surface area contributed by atoms with Gasteiger partial charge in [0.05, 0.1) is 0 Å². The van der Waals surface area contributed by atoms with Gasteiger partial charge in [-0.2, -0.15) is 4.31 Å². The molecule has 136 valence electrons. The maximum absolute atomic E-state index is 12.5. The summed E-state index contributed by atoms with van der Waals surface area (Å²) in [4.78, 5) is 5.26. The minimum Gasteiger partial charge on any atom is -0.370 e. The zero-order chi connectivity index (χ0) is 18.3. The second kappa shape index (κ2) is 8.98. The Morgan fingerprint density at radius 3 is 2.48 bits per heavy atom. The van der Waals surface area contributed by atoms with E-state index in [0.29, 0.717) is 36.2 Å². The number of hydrogen-bond acceptors (Lipinski definition) is 4. The van der Waals surface area contributed by atoms with E-state index in [1.807, 2.05) is 50.2 Å². The number of aliphatic imine (C=N–C) groups is 1. The Morgan fingerprint density at radius 1 is 1.16 bits per heavy atom. The minimum absolute atomic E-state index is 0.346. The highest BCUT2D eigenvalue weighted by atomic mass is 32.2. The average Bonchev–Trinajstić information content (AvgIpc) is 3.06. The lowest BCUT2D eigenvalue weighted by molar-refractivity contribution is 0.447. The van der Waals surface area contributed by atoms with Crippen molar-refractivity contribution in [3.8, 4) is 0 Å². The smallest absolute Gasteiger partial charge is 0.252 e. The maximum atomic E-state index is 12.5. The van der Waals surface area contributed by atoms with E-state index in [0.717, 1.165) is 10.6 Å². The first-order valence-corrected chi connectivity index (χ1v) is 10.4. The highest BCUT2D eigenvalue weighted by Crippen LogP contribution is 2.25. The molecule has 0 spiro atoms. The molecular weight excluding hydrogens is 356 g/mol. The minimum atomic E-state index is -3.38. The number of anilines is 1. The quantitative estimate of drug-likeness (QED) is 0.544. The lowest BCUT2D eigenvalue weighted by Gasteiger charge is -2.16. The Morgan fingerprint density at radius 2 is 1.84 bits per heavy atom. The Bertz CT molecular complexity index is 797. The normalized spacial score (nSPS) is 12.5. The van der Waals surface area contributed by atoms with E-state index in [9.17, 15) is 8.42 Å². The summed E-state index contributed by atoms with van der Waals surface area (Å²) in [6.45, 7) is 5.12. The third kappa shape index (κ3) is 5.29. The van der Waals surface area contributed by atoms with Gasteiger partial charge in [0, 0.05) is 36.6 Å². The monoisotopic (exact) mass is 380 g/mol. The summed E-state index contributed by atoms with van der Waals surface area (Å²) in [6, 6.07) is 13.1. The van der Waals surface area contributed by atoms with Gasteiger partial charge >= 0.3 is 0 Å². The highest BCUT2D eigenvalue weighted by Gasteiger charge is 2.23. The van der Waals surface area contributed by atoms with Crippen LogP contribution >= 0.6 is 11.3 Å². The first kappa shape index (κ1) is 19.4. The van der Waals surface area contributed by atoms with Crippen LogP contribution in [0.2, 0.25) is 0 Å². The van der Waals surface area contributed by atoms with Gasteiger partial charge in [0.2, 0.25) is 0 Å². The maximum Gasteiger partial charge on any atom is 0.252 e. The van der Waals surface area contributed by atoms with Gasteiger partial charge in [0.1, 0.15) is 4.21 Å². The number of thiophene rings is 1. The first-order chi connectivity index (χ1) is 12.0. The topological polar surface area (TPSA) is 87.8 Å². The van der Waals surface area contributed by atoms with Crippen LogP contribution in [-0.4, -0.2) is 38.3 Å². The van der Waals surface area contributed by atoms with Gasteiger partial charge in [0.15, 0.2) is 5.96 Å². The third-order valence-corrected chi connectivity index (χ3v) is 7.29. The highest BCUT2D eigenvalue weighted by molar-refractivity contribution is 7.91. The third-order valence-electron chi connectivity index (χ3n) is 3.62. The van der Waals surface area contributed by atoms with Crippen molar-refractivity contribution in [2.45, 2.75) is 24.5 Å². The molecule has 1 heterocycles. The molecule has 0 aliphatic carbocycles. The van der Waals surface area contributed by atoms with Gasteiger partial charge in [-0.25, -0.2) is 8.42 Å². The summed E-state index contributed by atoms with van der Waals surface area (Å²) in [6.07, 6.45) is 0.648. The molecular formula is C17H24N4O2S2. The number of nitrogens with one attached hydrogen (secondary N) is 1. The number of benzene rings is 1. The van der Waals surface area contributed by atoms with Crippen LogP contribution in [0.4, 0.5) is 5.69 Å². The van der Waals surface area contributed by atoms with Crippen molar-refractivity contribution in [1.29, 1.82) is 0 Å². The van der Waals surface area contributed by atoms with Gasteiger partial charge in [-0.05, 0) is 24.3 Å². The van der Waals surface area contributed by atoms with Crippen molar-refractivity contribution in [2.75, 3.05) is 25.0 Å². The molecule has 0 bridgehead atoms. The van der Waals surface area contributed by atoms with Crippen molar-refractivity contribution in [3.05, 3.63) is 47.3 Å². The first-order valence-electron chi connectivity index (χ1n) is 8.18. The largest absolute Gasteiger partial charge is 0.370 e. The molecule has 0 radical (unpaired) electrons. The van der Waals surface area contributed by atoms with Crippen LogP contribution in [0.5, 0.6) is 0 Å². The van der Waals surface area contributed by atoms with E-state index < -0.39 is 10.0 Å². The molecule has 25 heavy (non-hydrogen) atoms. The fourth-order valence-corrected chi connectivity index (χ4v) is 5.27. The molecule has 0 saturated heterocycles. The number of guanidine groups is 1. The Kier molecular flexibility index (Phi) is 6.98. The van der Waals surface area contributed by atoms with Crippen molar-refractivity contribution in [1.82, 2.24) is 4.31 Å². The lowest BCUT2D eigenvalue weighted by atomic mass is 10.3. The predicted octanol–water partition coefficient (Wildman–Crippen LogP) is 2.75. The molecule has 0 fully saturated rings. The molecule has 1 aromatic carbocycles. The fraction of sp³-hybridized carbons (Fsp3) is 0.353. The van der Waals surface area contributed by atoms with E-state index in [1.54, 1.807) is 6.07 Å². The second-order valence-corrected chi connectivity index (χ2v) is 8.65. The van der Waals surface area contributed by atoms with E-state index in [-0.39, 0.29) is 0 Å². The number of nitrogens with zero attached hydrogens (tertiary/aromatic N) is 2. The summed E-state index contributed by atoms with van der Waals surface area (Å²) in [5.41, 5.74) is 6.74. The molecule has 0 unspecified atom stereocenters. The van der Waals surface area contributed by atoms with Crippen molar-refractivity contribution in [3.63, 3.8) is 0 Å². The van der Waals surface area contributed by atoms with Gasteiger partial charge in [-0.1, -0.05) is 32.0 Å². The average molecular weight is 381 g/mol. The summed E-state index contributed by atoms with van der Waals surface area (Å²) < 4.78 is 26.8. The Labute approximate surface area is 153 Å². The molecule has 2 rings (SSSR count). The van der Waals surface area contributed by atoms with Crippen LogP contribution in [-0.2, 0) is 16.4 Å². The fourth-order valence-electron chi connectivity index (χ4n) is 2.32. The van der Waals surface area contributed by atoms with Gasteiger partial charge in [0.25, 0.3) is 10.0 Å². The van der Waals surface area contributed by atoms with Gasteiger partial charge in [-0.15, -0.1) is 11.3 Å². The number of hydrogen-bond donors (Lipinski definition) is 2.